The van der Waals surface area contributed by atoms with Gasteiger partial charge in [-0.2, -0.15) is 13.4 Å². The van der Waals surface area contributed by atoms with Crippen LogP contribution in [-0.4, -0.2) is 64.5 Å². The Morgan fingerprint density at radius 3 is 2.81 bits per heavy atom. The van der Waals surface area contributed by atoms with Crippen LogP contribution in [0.25, 0.3) is 11.2 Å². The molecule has 4 N–H and O–H groups in total. The summed E-state index contributed by atoms with van der Waals surface area (Å²) in [7, 11) is -4.33. The minimum absolute atomic E-state index is 0.0450. The molecule has 2 aromatic rings. The molecule has 4 rings (SSSR count). The number of rotatable bonds is 7. The lowest BCUT2D eigenvalue weighted by atomic mass is 10.1. The second kappa shape index (κ2) is 8.08. The van der Waals surface area contributed by atoms with E-state index in [0.29, 0.717) is 6.42 Å². The Bertz CT molecular complexity index is 1190. The van der Waals surface area contributed by atoms with Gasteiger partial charge in [-0.25, -0.2) is 9.71 Å². The molecule has 32 heavy (non-hydrogen) atoms. The van der Waals surface area contributed by atoms with Gasteiger partial charge in [0.15, 0.2) is 23.2 Å². The number of anilines is 1. The van der Waals surface area contributed by atoms with Crippen molar-refractivity contribution in [1.82, 2.24) is 24.2 Å². The van der Waals surface area contributed by atoms with E-state index in [0.717, 1.165) is 0 Å². The average molecular weight is 472 g/mol. The van der Waals surface area contributed by atoms with E-state index < -0.39 is 58.7 Å². The zero-order valence-corrected chi connectivity index (χ0v) is 18.4. The van der Waals surface area contributed by atoms with Crippen LogP contribution >= 0.6 is 0 Å². The van der Waals surface area contributed by atoms with E-state index in [1.807, 2.05) is 4.72 Å². The fourth-order valence-corrected chi connectivity index (χ4v) is 4.50. The minimum atomic E-state index is -4.33. The van der Waals surface area contributed by atoms with Crippen LogP contribution in [0.5, 0.6) is 0 Å². The summed E-state index contributed by atoms with van der Waals surface area (Å²) in [6.45, 7) is 4.72. The second-order valence-electron chi connectivity index (χ2n) is 7.92. The summed E-state index contributed by atoms with van der Waals surface area (Å²) in [5.41, 5.74) is 5.37. The Labute approximate surface area is 182 Å². The number of ether oxygens (including phenoxy) is 3. The summed E-state index contributed by atoms with van der Waals surface area (Å²) in [4.78, 5) is 34.3. The second-order valence-corrected chi connectivity index (χ2v) is 9.27. The minimum Gasteiger partial charge on any atom is -0.369 e. The molecule has 2 saturated heterocycles. The number of hydrogen-bond acceptors (Lipinski definition) is 11. The highest BCUT2D eigenvalue weighted by atomic mass is 32.2. The van der Waals surface area contributed by atoms with Gasteiger partial charge >= 0.3 is 10.3 Å². The Balaban J connectivity index is 1.58. The SMILES string of the molecule is CCCC(=O)NS(=O)(=O)OC[C@H]1O[C@@H](n2cnc3c(=O)[nH]c(N)nc32)[C@H]2OC(C)(C)OC12. The van der Waals surface area contributed by atoms with Crippen molar-refractivity contribution < 1.29 is 31.6 Å². The first-order valence-corrected chi connectivity index (χ1v) is 11.3. The van der Waals surface area contributed by atoms with Crippen LogP contribution in [0.3, 0.4) is 0 Å². The topological polar surface area (TPSA) is 190 Å². The molecule has 2 aliphatic heterocycles. The summed E-state index contributed by atoms with van der Waals surface area (Å²) in [6.07, 6.45) is -1.23. The number of hydrogen-bond donors (Lipinski definition) is 3. The number of amides is 1. The Hall–Kier alpha value is -2.59. The van der Waals surface area contributed by atoms with Crippen molar-refractivity contribution in [3.05, 3.63) is 16.7 Å². The highest BCUT2D eigenvalue weighted by Crippen LogP contribution is 2.43. The molecule has 15 heteroatoms. The molecule has 1 amide bonds. The quantitative estimate of drug-likeness (QED) is 0.462. The van der Waals surface area contributed by atoms with Gasteiger partial charge in [0.05, 0.1) is 12.9 Å². The fourth-order valence-electron chi connectivity index (χ4n) is 3.75. The molecule has 0 bridgehead atoms. The molecule has 0 aliphatic carbocycles. The van der Waals surface area contributed by atoms with Gasteiger partial charge in [-0.3, -0.25) is 23.3 Å². The summed E-state index contributed by atoms with van der Waals surface area (Å²) >= 11 is 0. The summed E-state index contributed by atoms with van der Waals surface area (Å²) in [5.74, 6) is -1.75. The Kier molecular flexibility index (Phi) is 5.70. The maximum absolute atomic E-state index is 12.1. The number of imidazole rings is 1. The molecule has 2 aromatic heterocycles. The van der Waals surface area contributed by atoms with Gasteiger partial charge in [0.1, 0.15) is 18.3 Å². The number of nitrogens with one attached hydrogen (secondary N) is 2. The number of nitrogens with zero attached hydrogens (tertiary/aromatic N) is 3. The van der Waals surface area contributed by atoms with Gasteiger partial charge < -0.3 is 19.9 Å². The largest absolute Gasteiger partial charge is 0.369 e. The lowest BCUT2D eigenvalue weighted by Gasteiger charge is -2.24. The van der Waals surface area contributed by atoms with Crippen molar-refractivity contribution in [2.45, 2.75) is 63.9 Å². The maximum Gasteiger partial charge on any atom is 0.362 e. The zero-order valence-electron chi connectivity index (χ0n) is 17.6. The summed E-state index contributed by atoms with van der Waals surface area (Å²) in [6, 6.07) is 0. The van der Waals surface area contributed by atoms with Gasteiger partial charge in [0.2, 0.25) is 11.9 Å². The van der Waals surface area contributed by atoms with E-state index in [2.05, 4.69) is 15.0 Å². The molecule has 176 valence electrons. The van der Waals surface area contributed by atoms with E-state index in [1.165, 1.54) is 10.9 Å². The van der Waals surface area contributed by atoms with Crippen LogP contribution in [0.2, 0.25) is 0 Å². The van der Waals surface area contributed by atoms with Crippen LogP contribution in [0.1, 0.15) is 39.8 Å². The van der Waals surface area contributed by atoms with Gasteiger partial charge in [0.25, 0.3) is 5.56 Å². The number of nitrogens with two attached hydrogens (primary N) is 1. The van der Waals surface area contributed by atoms with E-state index in [-0.39, 0.29) is 23.5 Å². The van der Waals surface area contributed by atoms with Gasteiger partial charge in [0, 0.05) is 6.42 Å². The lowest BCUT2D eigenvalue weighted by molar-refractivity contribution is -0.198. The molecule has 0 aromatic carbocycles. The number of carbonyl (C=O) groups excluding carboxylic acids is 1. The molecule has 0 radical (unpaired) electrons. The first kappa shape index (κ1) is 22.6. The molecule has 4 atom stereocenters. The molecule has 4 heterocycles. The number of carbonyl (C=O) groups is 1. The lowest BCUT2D eigenvalue weighted by Crippen LogP contribution is -2.37. The fraction of sp³-hybridized carbons (Fsp3) is 0.647. The average Bonchev–Trinajstić information content (AvgIpc) is 3.30. The van der Waals surface area contributed by atoms with Crippen LogP contribution < -0.4 is 16.0 Å². The monoisotopic (exact) mass is 472 g/mol. The standard InChI is InChI=1S/C17H24N6O8S/c1-4-5-9(24)22-32(26,27)28-6-8-11-12(31-17(2,3)30-11)15(29-8)23-7-19-10-13(23)20-16(18)21-14(10)25/h7-8,11-12,15H,4-6H2,1-3H3,(H,22,24)(H3,18,20,21,25)/t8-,11?,12+,15-/m1/s1. The molecule has 0 spiro atoms. The third-order valence-corrected chi connectivity index (χ3v) is 5.88. The Morgan fingerprint density at radius 1 is 1.38 bits per heavy atom. The summed E-state index contributed by atoms with van der Waals surface area (Å²) in [5, 5.41) is 0. The number of fused-ring (bicyclic) bond motifs is 2. The third kappa shape index (κ3) is 4.33. The van der Waals surface area contributed by atoms with Gasteiger partial charge in [-0.05, 0) is 20.3 Å². The van der Waals surface area contributed by atoms with E-state index in [9.17, 15) is 18.0 Å². The van der Waals surface area contributed by atoms with Crippen LogP contribution in [-0.2, 0) is 33.5 Å². The highest BCUT2D eigenvalue weighted by Gasteiger charge is 2.56. The number of aromatic amines is 1. The normalized spacial score (nSPS) is 27.0. The summed E-state index contributed by atoms with van der Waals surface area (Å²) < 4.78 is 50.3. The molecular weight excluding hydrogens is 448 g/mol. The van der Waals surface area contributed by atoms with Crippen molar-refractivity contribution >= 4 is 33.3 Å². The van der Waals surface area contributed by atoms with Crippen molar-refractivity contribution in [3.63, 3.8) is 0 Å². The molecule has 0 saturated carbocycles. The highest BCUT2D eigenvalue weighted by molar-refractivity contribution is 7.85. The van der Waals surface area contributed by atoms with Crippen LogP contribution in [0.4, 0.5) is 5.95 Å². The first-order chi connectivity index (χ1) is 15.0. The predicted molar refractivity (Wildman–Crippen MR) is 108 cm³/mol. The van der Waals surface area contributed by atoms with E-state index >= 15 is 0 Å². The number of aromatic nitrogens is 4. The van der Waals surface area contributed by atoms with E-state index in [4.69, 9.17) is 24.1 Å². The smallest absolute Gasteiger partial charge is 0.362 e. The molecule has 2 fully saturated rings. The number of H-pyrrole nitrogens is 1. The van der Waals surface area contributed by atoms with Crippen LogP contribution in [0.15, 0.2) is 11.1 Å². The van der Waals surface area contributed by atoms with Gasteiger partial charge in [-0.1, -0.05) is 6.92 Å². The molecular formula is C17H24N6O8S. The predicted octanol–water partition coefficient (Wildman–Crippen LogP) is -0.703. The van der Waals surface area contributed by atoms with Crippen molar-refractivity contribution in [1.29, 1.82) is 0 Å². The first-order valence-electron chi connectivity index (χ1n) is 9.93. The van der Waals surface area contributed by atoms with Gasteiger partial charge in [-0.15, -0.1) is 0 Å². The molecule has 1 unspecified atom stereocenters. The zero-order chi connectivity index (χ0) is 23.3. The Morgan fingerprint density at radius 2 is 2.09 bits per heavy atom. The maximum atomic E-state index is 12.1. The third-order valence-electron chi connectivity index (χ3n) is 4.95. The van der Waals surface area contributed by atoms with Crippen molar-refractivity contribution in [2.75, 3.05) is 12.3 Å². The van der Waals surface area contributed by atoms with Crippen LogP contribution in [0, 0.1) is 0 Å². The van der Waals surface area contributed by atoms with Crippen molar-refractivity contribution in [3.8, 4) is 0 Å². The molecule has 2 aliphatic rings. The molecule has 14 nitrogen and oxygen atoms in total. The van der Waals surface area contributed by atoms with E-state index in [1.54, 1.807) is 20.8 Å². The number of nitrogen functional groups attached to an aromatic ring is 1. The van der Waals surface area contributed by atoms with Crippen molar-refractivity contribution in [2.24, 2.45) is 0 Å².